The Kier molecular flexibility index (Phi) is 4.44. The van der Waals surface area contributed by atoms with E-state index in [-0.39, 0.29) is 12.5 Å². The molecule has 5 nitrogen and oxygen atoms in total. The van der Waals surface area contributed by atoms with Crippen LogP contribution in [-0.2, 0) is 9.59 Å². The summed E-state index contributed by atoms with van der Waals surface area (Å²) in [6, 6.07) is 6.82. The smallest absolute Gasteiger partial charge is 0.305 e. The summed E-state index contributed by atoms with van der Waals surface area (Å²) in [7, 11) is 0. The summed E-state index contributed by atoms with van der Waals surface area (Å²) in [4.78, 5) is 23.5. The minimum Gasteiger partial charge on any atom is -0.481 e. The van der Waals surface area contributed by atoms with Gasteiger partial charge in [0.15, 0.2) is 0 Å². The van der Waals surface area contributed by atoms with Gasteiger partial charge in [-0.2, -0.15) is 0 Å². The zero-order valence-corrected chi connectivity index (χ0v) is 11.2. The number of rotatable bonds is 4. The molecule has 1 aliphatic heterocycles. The van der Waals surface area contributed by atoms with Gasteiger partial charge in [-0.05, 0) is 18.1 Å². The molecule has 0 aromatic heterocycles. The third kappa shape index (κ3) is 3.48. The van der Waals surface area contributed by atoms with Crippen LogP contribution in [0.5, 0.6) is 0 Å². The van der Waals surface area contributed by atoms with E-state index in [2.05, 4.69) is 5.32 Å². The van der Waals surface area contributed by atoms with Crippen LogP contribution in [0.2, 0.25) is 0 Å². The number of aliphatic carboxylic acids is 1. The third-order valence-electron chi connectivity index (χ3n) is 3.01. The summed E-state index contributed by atoms with van der Waals surface area (Å²) in [5.74, 6) is -0.549. The van der Waals surface area contributed by atoms with Gasteiger partial charge in [0.1, 0.15) is 0 Å². The van der Waals surface area contributed by atoms with E-state index in [1.54, 1.807) is 11.8 Å². The van der Waals surface area contributed by atoms with E-state index in [0.717, 1.165) is 22.6 Å². The first-order chi connectivity index (χ1) is 9.08. The Morgan fingerprint density at radius 2 is 2.21 bits per heavy atom. The van der Waals surface area contributed by atoms with Crippen LogP contribution in [0.25, 0.3) is 0 Å². The van der Waals surface area contributed by atoms with Gasteiger partial charge >= 0.3 is 5.97 Å². The standard InChI is InChI=1S/C13H16N2O3S/c14-9(7-12(16)17)13(18)15-10-5-6-19-11-4-2-1-3-8(10)11/h1-4,9-10H,5-7,14H2,(H,15,18)(H,16,17). The van der Waals surface area contributed by atoms with Crippen molar-refractivity contribution >= 4 is 23.6 Å². The highest BCUT2D eigenvalue weighted by Crippen LogP contribution is 2.35. The topological polar surface area (TPSA) is 92.4 Å². The van der Waals surface area contributed by atoms with Crippen LogP contribution < -0.4 is 11.1 Å². The summed E-state index contributed by atoms with van der Waals surface area (Å²) >= 11 is 1.76. The second kappa shape index (κ2) is 6.08. The summed E-state index contributed by atoms with van der Waals surface area (Å²) in [5.41, 5.74) is 6.64. The molecular formula is C13H16N2O3S. The van der Waals surface area contributed by atoms with E-state index in [1.165, 1.54) is 0 Å². The molecule has 0 aliphatic carbocycles. The molecule has 19 heavy (non-hydrogen) atoms. The largest absolute Gasteiger partial charge is 0.481 e. The molecule has 0 fully saturated rings. The lowest BCUT2D eigenvalue weighted by Gasteiger charge is -2.26. The van der Waals surface area contributed by atoms with Crippen LogP contribution in [0.4, 0.5) is 0 Å². The van der Waals surface area contributed by atoms with Crippen molar-refractivity contribution in [3.05, 3.63) is 29.8 Å². The summed E-state index contributed by atoms with van der Waals surface area (Å²) in [6.07, 6.45) is 0.474. The summed E-state index contributed by atoms with van der Waals surface area (Å²) in [6.45, 7) is 0. The Morgan fingerprint density at radius 3 is 2.95 bits per heavy atom. The van der Waals surface area contributed by atoms with Crippen molar-refractivity contribution < 1.29 is 14.7 Å². The van der Waals surface area contributed by atoms with Gasteiger partial charge in [0.25, 0.3) is 0 Å². The minimum atomic E-state index is -1.07. The van der Waals surface area contributed by atoms with E-state index >= 15 is 0 Å². The number of hydrogen-bond donors (Lipinski definition) is 3. The number of fused-ring (bicyclic) bond motifs is 1. The fraction of sp³-hybridized carbons (Fsp3) is 0.385. The molecule has 6 heteroatoms. The van der Waals surface area contributed by atoms with Crippen molar-refractivity contribution in [3.8, 4) is 0 Å². The first-order valence-corrected chi connectivity index (χ1v) is 7.06. The second-order valence-electron chi connectivity index (χ2n) is 4.44. The molecule has 2 unspecified atom stereocenters. The van der Waals surface area contributed by atoms with Crippen LogP contribution in [-0.4, -0.2) is 28.8 Å². The Labute approximate surface area is 115 Å². The first kappa shape index (κ1) is 13.9. The van der Waals surface area contributed by atoms with Crippen molar-refractivity contribution in [2.24, 2.45) is 5.73 Å². The maximum Gasteiger partial charge on any atom is 0.305 e. The van der Waals surface area contributed by atoms with Crippen molar-refractivity contribution in [1.82, 2.24) is 5.32 Å². The number of carboxylic acids is 1. The maximum atomic E-state index is 11.9. The van der Waals surface area contributed by atoms with Crippen LogP contribution in [0.15, 0.2) is 29.2 Å². The lowest BCUT2D eigenvalue weighted by molar-refractivity contribution is -0.139. The van der Waals surface area contributed by atoms with Crippen molar-refractivity contribution in [2.75, 3.05) is 5.75 Å². The molecule has 4 N–H and O–H groups in total. The minimum absolute atomic E-state index is 0.0789. The van der Waals surface area contributed by atoms with E-state index in [0.29, 0.717) is 0 Å². The molecule has 2 rings (SSSR count). The number of carbonyl (C=O) groups is 2. The van der Waals surface area contributed by atoms with Gasteiger partial charge < -0.3 is 16.2 Å². The molecular weight excluding hydrogens is 264 g/mol. The van der Waals surface area contributed by atoms with Gasteiger partial charge in [-0.15, -0.1) is 11.8 Å². The number of carboxylic acid groups (broad SMARTS) is 1. The van der Waals surface area contributed by atoms with Crippen LogP contribution >= 0.6 is 11.8 Å². The average Bonchev–Trinajstić information content (AvgIpc) is 2.38. The number of hydrogen-bond acceptors (Lipinski definition) is 4. The molecule has 1 aromatic rings. The normalized spacial score (nSPS) is 19.3. The zero-order chi connectivity index (χ0) is 13.8. The lowest BCUT2D eigenvalue weighted by Crippen LogP contribution is -2.44. The zero-order valence-electron chi connectivity index (χ0n) is 10.3. The summed E-state index contributed by atoms with van der Waals surface area (Å²) in [5, 5.41) is 11.5. The average molecular weight is 280 g/mol. The van der Waals surface area contributed by atoms with Gasteiger partial charge in [-0.3, -0.25) is 9.59 Å². The van der Waals surface area contributed by atoms with E-state index in [1.807, 2.05) is 24.3 Å². The molecule has 1 aliphatic rings. The van der Waals surface area contributed by atoms with Gasteiger partial charge in [0.05, 0.1) is 18.5 Å². The lowest BCUT2D eigenvalue weighted by atomic mass is 10.0. The van der Waals surface area contributed by atoms with Gasteiger partial charge in [-0.25, -0.2) is 0 Å². The van der Waals surface area contributed by atoms with Gasteiger partial charge in [0, 0.05) is 10.6 Å². The monoisotopic (exact) mass is 280 g/mol. The maximum absolute atomic E-state index is 11.9. The Morgan fingerprint density at radius 1 is 1.47 bits per heavy atom. The van der Waals surface area contributed by atoms with Crippen molar-refractivity contribution in [3.63, 3.8) is 0 Å². The van der Waals surface area contributed by atoms with Crippen molar-refractivity contribution in [2.45, 2.75) is 29.8 Å². The van der Waals surface area contributed by atoms with Crippen molar-refractivity contribution in [1.29, 1.82) is 0 Å². The molecule has 0 spiro atoms. The second-order valence-corrected chi connectivity index (χ2v) is 5.58. The van der Waals surface area contributed by atoms with E-state index in [9.17, 15) is 9.59 Å². The first-order valence-electron chi connectivity index (χ1n) is 6.07. The number of benzene rings is 1. The SMILES string of the molecule is NC(CC(=O)O)C(=O)NC1CCSc2ccccc21. The molecule has 0 saturated heterocycles. The molecule has 2 atom stereocenters. The highest BCUT2D eigenvalue weighted by Gasteiger charge is 2.25. The Bertz CT molecular complexity index is 493. The van der Waals surface area contributed by atoms with Crippen LogP contribution in [0, 0.1) is 0 Å². The van der Waals surface area contributed by atoms with E-state index < -0.39 is 17.9 Å². The quantitative estimate of drug-likeness (QED) is 0.769. The number of carbonyl (C=O) groups excluding carboxylic acids is 1. The van der Waals surface area contributed by atoms with Crippen LogP contribution in [0.1, 0.15) is 24.4 Å². The molecule has 0 radical (unpaired) electrons. The fourth-order valence-electron chi connectivity index (χ4n) is 2.05. The summed E-state index contributed by atoms with van der Waals surface area (Å²) < 4.78 is 0. The molecule has 1 amide bonds. The Balaban J connectivity index is 2.04. The highest BCUT2D eigenvalue weighted by atomic mass is 32.2. The molecule has 102 valence electrons. The molecule has 0 bridgehead atoms. The van der Waals surface area contributed by atoms with Gasteiger partial charge in [0.2, 0.25) is 5.91 Å². The highest BCUT2D eigenvalue weighted by molar-refractivity contribution is 7.99. The number of amides is 1. The number of thioether (sulfide) groups is 1. The van der Waals surface area contributed by atoms with Crippen LogP contribution in [0.3, 0.4) is 0 Å². The molecule has 0 saturated carbocycles. The Hall–Kier alpha value is -1.53. The fourth-order valence-corrected chi connectivity index (χ4v) is 3.18. The predicted molar refractivity (Wildman–Crippen MR) is 72.9 cm³/mol. The van der Waals surface area contributed by atoms with E-state index in [4.69, 9.17) is 10.8 Å². The number of nitrogens with two attached hydrogens (primary N) is 1. The number of nitrogens with one attached hydrogen (secondary N) is 1. The molecule has 1 heterocycles. The van der Waals surface area contributed by atoms with Gasteiger partial charge in [-0.1, -0.05) is 18.2 Å². The third-order valence-corrected chi connectivity index (χ3v) is 4.13. The predicted octanol–water partition coefficient (Wildman–Crippen LogP) is 1.14. The molecule has 1 aromatic carbocycles.